The van der Waals surface area contributed by atoms with E-state index in [0.717, 1.165) is 35.8 Å². The molecule has 0 spiro atoms. The molecule has 0 aliphatic carbocycles. The third kappa shape index (κ3) is 5.29. The van der Waals surface area contributed by atoms with Crippen LogP contribution in [0.3, 0.4) is 0 Å². The summed E-state index contributed by atoms with van der Waals surface area (Å²) in [6.07, 6.45) is 2.58. The van der Waals surface area contributed by atoms with E-state index in [4.69, 9.17) is 5.73 Å². The third-order valence-corrected chi connectivity index (χ3v) is 5.75. The van der Waals surface area contributed by atoms with Crippen LogP contribution in [0.5, 0.6) is 0 Å². The van der Waals surface area contributed by atoms with Gasteiger partial charge in [0.25, 0.3) is 0 Å². The van der Waals surface area contributed by atoms with E-state index in [2.05, 4.69) is 15.6 Å². The quantitative estimate of drug-likeness (QED) is 0.657. The smallest absolute Gasteiger partial charge is 0.227 e. The lowest BCUT2D eigenvalue weighted by molar-refractivity contribution is -0.117. The lowest BCUT2D eigenvalue weighted by atomic mass is 10.0. The molecule has 1 aliphatic heterocycles. The Hall–Kier alpha value is -1.12. The van der Waals surface area contributed by atoms with Gasteiger partial charge in [0, 0.05) is 6.42 Å². The van der Waals surface area contributed by atoms with Gasteiger partial charge in [-0.2, -0.15) is 0 Å². The van der Waals surface area contributed by atoms with Crippen molar-refractivity contribution in [1.82, 2.24) is 10.3 Å². The summed E-state index contributed by atoms with van der Waals surface area (Å²) in [6, 6.07) is 0. The standard InChI is InChI=1S/C13H20N4O2S2/c1-8-12(20-7-10(14)18)21-13(16-8)17-11(19)3-2-9-4-5-15-6-9/h9,15H,2-7H2,1H3,(H2,14,18)(H,16,17,19). The van der Waals surface area contributed by atoms with Gasteiger partial charge in [0.05, 0.1) is 15.7 Å². The number of anilines is 1. The number of nitrogens with one attached hydrogen (secondary N) is 2. The number of amides is 2. The molecular weight excluding hydrogens is 308 g/mol. The van der Waals surface area contributed by atoms with Crippen LogP contribution in [0, 0.1) is 12.8 Å². The average Bonchev–Trinajstić information content (AvgIpc) is 3.04. The Morgan fingerprint density at radius 2 is 2.38 bits per heavy atom. The summed E-state index contributed by atoms with van der Waals surface area (Å²) in [5.74, 6) is 0.478. The van der Waals surface area contributed by atoms with Crippen molar-refractivity contribution in [3.8, 4) is 0 Å². The van der Waals surface area contributed by atoms with Crippen molar-refractivity contribution >= 4 is 40.0 Å². The number of rotatable bonds is 7. The van der Waals surface area contributed by atoms with E-state index < -0.39 is 0 Å². The number of hydrogen-bond acceptors (Lipinski definition) is 6. The van der Waals surface area contributed by atoms with E-state index in [1.54, 1.807) is 0 Å². The van der Waals surface area contributed by atoms with E-state index in [9.17, 15) is 9.59 Å². The fourth-order valence-corrected chi connectivity index (χ4v) is 4.08. The number of nitrogens with two attached hydrogens (primary N) is 1. The van der Waals surface area contributed by atoms with Gasteiger partial charge in [-0.05, 0) is 38.8 Å². The van der Waals surface area contributed by atoms with Crippen molar-refractivity contribution in [3.05, 3.63) is 5.69 Å². The second-order valence-electron chi connectivity index (χ2n) is 5.09. The van der Waals surface area contributed by atoms with Gasteiger partial charge in [-0.25, -0.2) is 4.98 Å². The van der Waals surface area contributed by atoms with E-state index >= 15 is 0 Å². The van der Waals surface area contributed by atoms with Crippen LogP contribution in [-0.2, 0) is 9.59 Å². The summed E-state index contributed by atoms with van der Waals surface area (Å²) >= 11 is 2.75. The van der Waals surface area contributed by atoms with E-state index in [1.165, 1.54) is 23.1 Å². The van der Waals surface area contributed by atoms with Crippen molar-refractivity contribution < 1.29 is 9.59 Å². The molecule has 8 heteroatoms. The Morgan fingerprint density at radius 3 is 3.05 bits per heavy atom. The highest BCUT2D eigenvalue weighted by molar-refractivity contribution is 8.01. The van der Waals surface area contributed by atoms with Crippen LogP contribution in [0.2, 0.25) is 0 Å². The Labute approximate surface area is 132 Å². The number of aryl methyl sites for hydroxylation is 1. The maximum Gasteiger partial charge on any atom is 0.227 e. The minimum absolute atomic E-state index is 0.00195. The topological polar surface area (TPSA) is 97.1 Å². The average molecular weight is 328 g/mol. The van der Waals surface area contributed by atoms with Crippen LogP contribution in [0.15, 0.2) is 4.21 Å². The molecule has 1 aliphatic rings. The van der Waals surface area contributed by atoms with Gasteiger partial charge in [-0.15, -0.1) is 11.8 Å². The maximum absolute atomic E-state index is 11.9. The first-order valence-corrected chi connectivity index (χ1v) is 8.74. The van der Waals surface area contributed by atoms with Gasteiger partial charge in [0.1, 0.15) is 0 Å². The molecule has 0 radical (unpaired) electrons. The number of primary amides is 1. The number of carbonyl (C=O) groups is 2. The fraction of sp³-hybridized carbons (Fsp3) is 0.615. The molecule has 2 heterocycles. The van der Waals surface area contributed by atoms with Gasteiger partial charge in [0.2, 0.25) is 11.8 Å². The zero-order chi connectivity index (χ0) is 15.2. The second-order valence-corrected chi connectivity index (χ2v) is 7.34. The normalized spacial score (nSPS) is 17.9. The SMILES string of the molecule is Cc1nc(NC(=O)CCC2CCNC2)sc1SCC(N)=O. The fourth-order valence-electron chi connectivity index (χ4n) is 2.18. The van der Waals surface area contributed by atoms with Gasteiger partial charge >= 0.3 is 0 Å². The maximum atomic E-state index is 11.9. The Balaban J connectivity index is 1.80. The molecule has 0 saturated carbocycles. The summed E-state index contributed by atoms with van der Waals surface area (Å²) < 4.78 is 0.920. The zero-order valence-corrected chi connectivity index (χ0v) is 13.6. The molecule has 21 heavy (non-hydrogen) atoms. The molecule has 116 valence electrons. The lowest BCUT2D eigenvalue weighted by Gasteiger charge is -2.06. The predicted octanol–water partition coefficient (Wildman–Crippen LogP) is 1.36. The highest BCUT2D eigenvalue weighted by Crippen LogP contribution is 2.32. The van der Waals surface area contributed by atoms with Gasteiger partial charge in [-0.3, -0.25) is 9.59 Å². The minimum Gasteiger partial charge on any atom is -0.369 e. The summed E-state index contributed by atoms with van der Waals surface area (Å²) in [7, 11) is 0. The molecule has 1 saturated heterocycles. The number of aromatic nitrogens is 1. The molecule has 2 rings (SSSR count). The van der Waals surface area contributed by atoms with E-state index in [1.807, 2.05) is 6.92 Å². The van der Waals surface area contributed by atoms with Crippen LogP contribution >= 0.6 is 23.1 Å². The van der Waals surface area contributed by atoms with Crippen LogP contribution in [0.4, 0.5) is 5.13 Å². The second kappa shape index (κ2) is 7.77. The minimum atomic E-state index is -0.358. The predicted molar refractivity (Wildman–Crippen MR) is 85.6 cm³/mol. The van der Waals surface area contributed by atoms with Gasteiger partial charge in [0.15, 0.2) is 5.13 Å². The van der Waals surface area contributed by atoms with Crippen LogP contribution < -0.4 is 16.4 Å². The van der Waals surface area contributed by atoms with Crippen molar-refractivity contribution in [2.24, 2.45) is 11.7 Å². The molecule has 1 atom stereocenters. The number of thiazole rings is 1. The third-order valence-electron chi connectivity index (χ3n) is 3.29. The van der Waals surface area contributed by atoms with Gasteiger partial charge in [-0.1, -0.05) is 11.3 Å². The molecule has 1 unspecified atom stereocenters. The Kier molecular flexibility index (Phi) is 6.01. The monoisotopic (exact) mass is 328 g/mol. The first kappa shape index (κ1) is 16.3. The molecule has 1 aromatic heterocycles. The molecular formula is C13H20N4O2S2. The van der Waals surface area contributed by atoms with Crippen molar-refractivity contribution in [3.63, 3.8) is 0 Å². The summed E-state index contributed by atoms with van der Waals surface area (Å²) in [5.41, 5.74) is 5.95. The first-order valence-electron chi connectivity index (χ1n) is 6.93. The number of thioether (sulfide) groups is 1. The first-order chi connectivity index (χ1) is 10.0. The molecule has 2 amide bonds. The molecule has 1 aromatic rings. The number of hydrogen-bond donors (Lipinski definition) is 3. The zero-order valence-electron chi connectivity index (χ0n) is 12.0. The molecule has 0 aromatic carbocycles. The Morgan fingerprint density at radius 1 is 1.57 bits per heavy atom. The Bertz CT molecular complexity index is 512. The summed E-state index contributed by atoms with van der Waals surface area (Å²) in [5, 5.41) is 6.72. The largest absolute Gasteiger partial charge is 0.369 e. The molecule has 6 nitrogen and oxygen atoms in total. The highest BCUT2D eigenvalue weighted by Gasteiger charge is 2.17. The molecule has 0 bridgehead atoms. The van der Waals surface area contributed by atoms with Crippen LogP contribution in [0.25, 0.3) is 0 Å². The highest BCUT2D eigenvalue weighted by atomic mass is 32.2. The molecule has 1 fully saturated rings. The molecule has 4 N–H and O–H groups in total. The lowest BCUT2D eigenvalue weighted by Crippen LogP contribution is -2.14. The van der Waals surface area contributed by atoms with Crippen molar-refractivity contribution in [2.75, 3.05) is 24.2 Å². The number of carbonyl (C=O) groups excluding carboxylic acids is 2. The van der Waals surface area contributed by atoms with Crippen molar-refractivity contribution in [1.29, 1.82) is 0 Å². The van der Waals surface area contributed by atoms with Crippen LogP contribution in [-0.4, -0.2) is 35.6 Å². The summed E-state index contributed by atoms with van der Waals surface area (Å²) in [6.45, 7) is 3.93. The summed E-state index contributed by atoms with van der Waals surface area (Å²) in [4.78, 5) is 27.0. The van der Waals surface area contributed by atoms with Crippen molar-refractivity contribution in [2.45, 2.75) is 30.4 Å². The van der Waals surface area contributed by atoms with Gasteiger partial charge < -0.3 is 16.4 Å². The van der Waals surface area contributed by atoms with E-state index in [0.29, 0.717) is 17.5 Å². The van der Waals surface area contributed by atoms with Crippen LogP contribution in [0.1, 0.15) is 25.0 Å². The van der Waals surface area contributed by atoms with E-state index in [-0.39, 0.29) is 17.6 Å². The number of nitrogens with zero attached hydrogens (tertiary/aromatic N) is 1.